The molecule has 0 aliphatic rings. The Morgan fingerprint density at radius 2 is 2.16 bits per heavy atom. The molecule has 1 aromatic heterocycles. The Labute approximate surface area is 125 Å². The maximum absolute atomic E-state index is 5.15. The predicted molar refractivity (Wildman–Crippen MR) is 82.6 cm³/mol. The van der Waals surface area contributed by atoms with Gasteiger partial charge in [-0.15, -0.1) is 0 Å². The van der Waals surface area contributed by atoms with Gasteiger partial charge in [-0.25, -0.2) is 0 Å². The molecule has 0 fully saturated rings. The first-order valence-corrected chi connectivity index (χ1v) is 7.62. The molecule has 0 aliphatic heterocycles. The minimum absolute atomic E-state index is 0.0744. The van der Waals surface area contributed by atoms with Gasteiger partial charge in [0.25, 0.3) is 0 Å². The lowest BCUT2D eigenvalue weighted by atomic mass is 9.85. The van der Waals surface area contributed by atoms with E-state index >= 15 is 0 Å². The number of aromatic nitrogens is 2. The summed E-state index contributed by atoms with van der Waals surface area (Å²) in [5.74, 6) is 0. The molecule has 0 atom stereocenters. The average molecular weight is 332 g/mol. The summed E-state index contributed by atoms with van der Waals surface area (Å²) in [6, 6.07) is 0.526. The normalized spacial score (nSPS) is 12.4. The molecule has 1 N–H and O–H groups in total. The van der Waals surface area contributed by atoms with E-state index in [-0.39, 0.29) is 5.41 Å². The van der Waals surface area contributed by atoms with Crippen LogP contribution in [0.5, 0.6) is 0 Å². The summed E-state index contributed by atoms with van der Waals surface area (Å²) in [6.07, 6.45) is 2.95. The number of nitrogens with zero attached hydrogens (tertiary/aromatic N) is 2. The van der Waals surface area contributed by atoms with Crippen LogP contribution in [0, 0.1) is 0 Å². The third-order valence-corrected chi connectivity index (χ3v) is 3.83. The van der Waals surface area contributed by atoms with Crippen LogP contribution in [0.15, 0.2) is 10.7 Å². The lowest BCUT2D eigenvalue weighted by molar-refractivity contribution is 0.180. The molecule has 1 aromatic rings. The molecule has 1 rings (SSSR count). The maximum atomic E-state index is 5.15. The highest BCUT2D eigenvalue weighted by atomic mass is 79.9. The minimum atomic E-state index is 0.0744. The topological polar surface area (TPSA) is 39.1 Å². The number of rotatable bonds is 8. The van der Waals surface area contributed by atoms with Crippen LogP contribution in [-0.4, -0.2) is 36.1 Å². The first-order valence-electron chi connectivity index (χ1n) is 6.82. The molecule has 19 heavy (non-hydrogen) atoms. The fourth-order valence-electron chi connectivity index (χ4n) is 2.17. The molecule has 1 heterocycles. The molecule has 0 bridgehead atoms. The number of hydrogen-bond acceptors (Lipinski definition) is 3. The Kier molecular flexibility index (Phi) is 6.50. The van der Waals surface area contributed by atoms with Crippen LogP contribution >= 0.6 is 15.9 Å². The molecule has 0 aliphatic carbocycles. The largest absolute Gasteiger partial charge is 0.383 e. The van der Waals surface area contributed by atoms with E-state index in [4.69, 9.17) is 4.74 Å². The zero-order chi connectivity index (χ0) is 14.5. The molecule has 5 heteroatoms. The first kappa shape index (κ1) is 16.7. The summed E-state index contributed by atoms with van der Waals surface area (Å²) in [4.78, 5) is 0. The van der Waals surface area contributed by atoms with Crippen molar-refractivity contribution < 1.29 is 4.74 Å². The first-order chi connectivity index (χ1) is 8.88. The second-order valence-electron chi connectivity index (χ2n) is 5.80. The molecule has 0 saturated heterocycles. The van der Waals surface area contributed by atoms with Gasteiger partial charge in [-0.1, -0.05) is 27.7 Å². The minimum Gasteiger partial charge on any atom is -0.383 e. The Morgan fingerprint density at radius 1 is 1.47 bits per heavy atom. The van der Waals surface area contributed by atoms with Crippen LogP contribution in [0.2, 0.25) is 0 Å². The van der Waals surface area contributed by atoms with Gasteiger partial charge >= 0.3 is 0 Å². The highest BCUT2D eigenvalue weighted by Gasteiger charge is 2.27. The van der Waals surface area contributed by atoms with Crippen LogP contribution < -0.4 is 5.32 Å². The highest BCUT2D eigenvalue weighted by Crippen LogP contribution is 2.32. The summed E-state index contributed by atoms with van der Waals surface area (Å²) in [5.41, 5.74) is 1.32. The van der Waals surface area contributed by atoms with Crippen molar-refractivity contribution in [3.05, 3.63) is 16.4 Å². The Bertz CT molecular complexity index is 388. The zero-order valence-corrected chi connectivity index (χ0v) is 14.2. The van der Waals surface area contributed by atoms with Crippen LogP contribution in [-0.2, 0) is 16.7 Å². The van der Waals surface area contributed by atoms with Crippen molar-refractivity contribution in [2.45, 2.75) is 52.1 Å². The Hall–Kier alpha value is -0.390. The summed E-state index contributed by atoms with van der Waals surface area (Å²) in [7, 11) is 1.72. The summed E-state index contributed by atoms with van der Waals surface area (Å²) in [6.45, 7) is 11.4. The lowest BCUT2D eigenvalue weighted by Gasteiger charge is -2.27. The second kappa shape index (κ2) is 7.41. The third-order valence-electron chi connectivity index (χ3n) is 3.25. The zero-order valence-electron chi connectivity index (χ0n) is 12.7. The average Bonchev–Trinajstić information content (AvgIpc) is 2.67. The Balaban J connectivity index is 2.77. The molecule has 110 valence electrons. The van der Waals surface area contributed by atoms with Crippen molar-refractivity contribution in [2.75, 3.05) is 20.3 Å². The lowest BCUT2D eigenvalue weighted by Crippen LogP contribution is -2.31. The molecule has 0 aromatic carbocycles. The van der Waals surface area contributed by atoms with Gasteiger partial charge in [-0.05, 0) is 28.9 Å². The van der Waals surface area contributed by atoms with E-state index in [0.29, 0.717) is 12.6 Å². The standard InChI is InChI=1S/C14H26BrN3O/c1-11(2)16-7-6-14(3,4)13-12(15)10-17-18(13)8-9-19-5/h10-11,16H,6-9H2,1-5H3. The van der Waals surface area contributed by atoms with Crippen molar-refractivity contribution in [1.82, 2.24) is 15.1 Å². The molecular formula is C14H26BrN3O. The fourth-order valence-corrected chi connectivity index (χ4v) is 3.01. The van der Waals surface area contributed by atoms with Crippen LogP contribution in [0.4, 0.5) is 0 Å². The van der Waals surface area contributed by atoms with Crippen LogP contribution in [0.1, 0.15) is 39.8 Å². The van der Waals surface area contributed by atoms with Crippen molar-refractivity contribution in [1.29, 1.82) is 0 Å². The monoisotopic (exact) mass is 331 g/mol. The van der Waals surface area contributed by atoms with Crippen molar-refractivity contribution >= 4 is 15.9 Å². The predicted octanol–water partition coefficient (Wildman–Crippen LogP) is 2.96. The molecule has 0 saturated carbocycles. The van der Waals surface area contributed by atoms with Crippen molar-refractivity contribution in [3.8, 4) is 0 Å². The quantitative estimate of drug-likeness (QED) is 0.795. The van der Waals surface area contributed by atoms with Crippen LogP contribution in [0.3, 0.4) is 0 Å². The van der Waals surface area contributed by atoms with Gasteiger partial charge in [0.05, 0.1) is 29.5 Å². The summed E-state index contributed by atoms with van der Waals surface area (Å²) in [5, 5.41) is 7.91. The van der Waals surface area contributed by atoms with Gasteiger partial charge < -0.3 is 10.1 Å². The second-order valence-corrected chi connectivity index (χ2v) is 6.65. The van der Waals surface area contributed by atoms with Crippen LogP contribution in [0.25, 0.3) is 0 Å². The third kappa shape index (κ3) is 4.89. The summed E-state index contributed by atoms with van der Waals surface area (Å²) < 4.78 is 8.27. The number of methoxy groups -OCH3 is 1. The van der Waals surface area contributed by atoms with E-state index in [1.54, 1.807) is 7.11 Å². The number of hydrogen-bond donors (Lipinski definition) is 1. The van der Waals surface area contributed by atoms with E-state index in [2.05, 4.69) is 54.0 Å². The molecule has 0 spiro atoms. The van der Waals surface area contributed by atoms with E-state index < -0.39 is 0 Å². The van der Waals surface area contributed by atoms with E-state index in [0.717, 1.165) is 24.0 Å². The van der Waals surface area contributed by atoms with Gasteiger partial charge in [0.15, 0.2) is 0 Å². The molecule has 4 nitrogen and oxygen atoms in total. The van der Waals surface area contributed by atoms with Crippen molar-refractivity contribution in [3.63, 3.8) is 0 Å². The van der Waals surface area contributed by atoms with Gasteiger partial charge in [0.1, 0.15) is 0 Å². The Morgan fingerprint density at radius 3 is 2.74 bits per heavy atom. The van der Waals surface area contributed by atoms with Gasteiger partial charge in [0.2, 0.25) is 0 Å². The van der Waals surface area contributed by atoms with Gasteiger partial charge in [-0.3, -0.25) is 4.68 Å². The number of halogens is 1. The molecule has 0 unspecified atom stereocenters. The van der Waals surface area contributed by atoms with E-state index in [9.17, 15) is 0 Å². The van der Waals surface area contributed by atoms with Gasteiger partial charge in [0, 0.05) is 18.6 Å². The number of ether oxygens (including phenoxy) is 1. The molecule has 0 amide bonds. The number of nitrogens with one attached hydrogen (secondary N) is 1. The SMILES string of the molecule is COCCn1ncc(Br)c1C(C)(C)CCNC(C)C. The van der Waals surface area contributed by atoms with Gasteiger partial charge in [-0.2, -0.15) is 5.10 Å². The van der Waals surface area contributed by atoms with E-state index in [1.165, 1.54) is 5.69 Å². The highest BCUT2D eigenvalue weighted by molar-refractivity contribution is 9.10. The van der Waals surface area contributed by atoms with Crippen molar-refractivity contribution in [2.24, 2.45) is 0 Å². The molecular weight excluding hydrogens is 306 g/mol. The van der Waals surface area contributed by atoms with E-state index in [1.807, 2.05) is 10.9 Å². The fraction of sp³-hybridized carbons (Fsp3) is 0.786. The summed E-state index contributed by atoms with van der Waals surface area (Å²) >= 11 is 3.62. The maximum Gasteiger partial charge on any atom is 0.0659 e. The smallest absolute Gasteiger partial charge is 0.0659 e. The molecule has 0 radical (unpaired) electrons.